The molecule has 1 aromatic heterocycles. The molecule has 0 aliphatic heterocycles. The maximum Gasteiger partial charge on any atom is 0.239 e. The molecule has 3 rings (SSSR count). The largest absolute Gasteiger partial charge is 0.369 e. The Labute approximate surface area is 106 Å². The molecule has 5 nitrogen and oxygen atoms in total. The molecule has 0 saturated heterocycles. The highest BCUT2D eigenvalue weighted by Gasteiger charge is 2.36. The summed E-state index contributed by atoms with van der Waals surface area (Å²) in [7, 11) is 0. The minimum atomic E-state index is 0.433. The minimum absolute atomic E-state index is 0.433. The Hall–Kier alpha value is -1.88. The first-order chi connectivity index (χ1) is 8.70. The molecule has 1 fully saturated rings. The number of anilines is 2. The number of hydrazine groups is 1. The number of nitrogens with zero attached hydrogens (tertiary/aromatic N) is 2. The third kappa shape index (κ3) is 2.09. The van der Waals surface area contributed by atoms with Gasteiger partial charge in [-0.3, -0.25) is 5.43 Å². The number of nitrogens with one attached hydrogen (secondary N) is 2. The van der Waals surface area contributed by atoms with Crippen LogP contribution in [0.15, 0.2) is 24.3 Å². The second kappa shape index (κ2) is 4.10. The summed E-state index contributed by atoms with van der Waals surface area (Å²) in [4.78, 5) is 8.72. The van der Waals surface area contributed by atoms with E-state index in [1.165, 1.54) is 12.8 Å². The van der Waals surface area contributed by atoms with Crippen LogP contribution in [0, 0.1) is 5.41 Å². The number of nitrogen functional groups attached to an aromatic ring is 1. The van der Waals surface area contributed by atoms with Crippen LogP contribution in [0.25, 0.3) is 10.9 Å². The second-order valence-electron chi connectivity index (χ2n) is 5.22. The highest BCUT2D eigenvalue weighted by molar-refractivity contribution is 5.89. The lowest BCUT2D eigenvalue weighted by molar-refractivity contribution is 0.610. The molecule has 18 heavy (non-hydrogen) atoms. The van der Waals surface area contributed by atoms with Crippen LogP contribution in [-0.2, 0) is 0 Å². The van der Waals surface area contributed by atoms with Crippen LogP contribution in [0.4, 0.5) is 11.8 Å². The molecule has 0 amide bonds. The quantitative estimate of drug-likeness (QED) is 0.566. The van der Waals surface area contributed by atoms with Gasteiger partial charge in [0.15, 0.2) is 0 Å². The molecule has 0 atom stereocenters. The fourth-order valence-corrected chi connectivity index (χ4v) is 1.96. The van der Waals surface area contributed by atoms with Gasteiger partial charge in [0.05, 0.1) is 5.52 Å². The van der Waals surface area contributed by atoms with Crippen LogP contribution in [0.3, 0.4) is 0 Å². The Morgan fingerprint density at radius 2 is 2.06 bits per heavy atom. The molecule has 0 spiro atoms. The second-order valence-corrected chi connectivity index (χ2v) is 5.22. The molecular weight excluding hydrogens is 226 g/mol. The first-order valence-electron chi connectivity index (χ1n) is 6.17. The summed E-state index contributed by atoms with van der Waals surface area (Å²) in [5.74, 6) is 6.69. The van der Waals surface area contributed by atoms with Gasteiger partial charge in [-0.1, -0.05) is 19.1 Å². The Balaban J connectivity index is 1.97. The lowest BCUT2D eigenvalue weighted by atomic mass is 10.1. The van der Waals surface area contributed by atoms with Gasteiger partial charge in [0.1, 0.15) is 5.82 Å². The van der Waals surface area contributed by atoms with E-state index in [4.69, 9.17) is 5.84 Å². The Bertz CT molecular complexity index is 577. The number of aromatic nitrogens is 2. The average molecular weight is 243 g/mol. The summed E-state index contributed by atoms with van der Waals surface area (Å²) < 4.78 is 0. The maximum atomic E-state index is 5.40. The van der Waals surface area contributed by atoms with E-state index in [9.17, 15) is 0 Å². The lowest BCUT2D eigenvalue weighted by Gasteiger charge is -2.13. The molecule has 1 aliphatic carbocycles. The summed E-state index contributed by atoms with van der Waals surface area (Å²) in [6.07, 6.45) is 2.57. The topological polar surface area (TPSA) is 75.9 Å². The van der Waals surface area contributed by atoms with Crippen molar-refractivity contribution >= 4 is 22.7 Å². The number of nitrogens with two attached hydrogens (primary N) is 1. The SMILES string of the molecule is CC1(CNc2nc(NN)nc3ccccc23)CC1. The van der Waals surface area contributed by atoms with Crippen LogP contribution in [0.1, 0.15) is 19.8 Å². The fourth-order valence-electron chi connectivity index (χ4n) is 1.96. The molecule has 1 saturated carbocycles. The molecule has 1 heterocycles. The van der Waals surface area contributed by atoms with Crippen molar-refractivity contribution < 1.29 is 0 Å². The number of hydrogen-bond acceptors (Lipinski definition) is 5. The summed E-state index contributed by atoms with van der Waals surface area (Å²) in [6, 6.07) is 7.93. The predicted octanol–water partition coefficient (Wildman–Crippen LogP) is 2.13. The summed E-state index contributed by atoms with van der Waals surface area (Å²) in [5, 5.41) is 4.45. The Morgan fingerprint density at radius 1 is 1.28 bits per heavy atom. The maximum absolute atomic E-state index is 5.40. The minimum Gasteiger partial charge on any atom is -0.369 e. The average Bonchev–Trinajstić information content (AvgIpc) is 3.14. The van der Waals surface area contributed by atoms with Crippen LogP contribution in [-0.4, -0.2) is 16.5 Å². The molecule has 94 valence electrons. The van der Waals surface area contributed by atoms with E-state index in [0.717, 1.165) is 23.3 Å². The van der Waals surface area contributed by atoms with Crippen LogP contribution in [0.2, 0.25) is 0 Å². The van der Waals surface area contributed by atoms with Gasteiger partial charge in [-0.15, -0.1) is 0 Å². The molecule has 2 aromatic rings. The van der Waals surface area contributed by atoms with Crippen molar-refractivity contribution in [1.29, 1.82) is 0 Å². The number of para-hydroxylation sites is 1. The van der Waals surface area contributed by atoms with Gasteiger partial charge in [0.25, 0.3) is 0 Å². The van der Waals surface area contributed by atoms with E-state index in [2.05, 4.69) is 27.6 Å². The molecule has 0 radical (unpaired) electrons. The van der Waals surface area contributed by atoms with Gasteiger partial charge in [0, 0.05) is 11.9 Å². The van der Waals surface area contributed by atoms with Crippen molar-refractivity contribution in [1.82, 2.24) is 9.97 Å². The van der Waals surface area contributed by atoms with Crippen molar-refractivity contribution in [2.45, 2.75) is 19.8 Å². The standard InChI is InChI=1S/C13H17N5/c1-13(6-7-13)8-15-11-9-4-2-3-5-10(9)16-12(17-11)18-14/h2-5H,6-8,14H2,1H3,(H2,15,16,17,18). The number of hydrogen-bond donors (Lipinski definition) is 3. The fraction of sp³-hybridized carbons (Fsp3) is 0.385. The van der Waals surface area contributed by atoms with Crippen LogP contribution in [0.5, 0.6) is 0 Å². The Morgan fingerprint density at radius 3 is 2.78 bits per heavy atom. The van der Waals surface area contributed by atoms with Crippen molar-refractivity contribution in [2.24, 2.45) is 11.3 Å². The molecular formula is C13H17N5. The summed E-state index contributed by atoms with van der Waals surface area (Å²) in [5.41, 5.74) is 3.84. The van der Waals surface area contributed by atoms with E-state index >= 15 is 0 Å². The first kappa shape index (κ1) is 11.2. The molecule has 1 aliphatic rings. The lowest BCUT2D eigenvalue weighted by Crippen LogP contribution is -2.16. The molecule has 4 N–H and O–H groups in total. The molecule has 0 bridgehead atoms. The van der Waals surface area contributed by atoms with E-state index in [1.807, 2.05) is 24.3 Å². The number of fused-ring (bicyclic) bond motifs is 1. The van der Waals surface area contributed by atoms with Gasteiger partial charge in [-0.2, -0.15) is 4.98 Å². The predicted molar refractivity (Wildman–Crippen MR) is 73.2 cm³/mol. The summed E-state index contributed by atoms with van der Waals surface area (Å²) >= 11 is 0. The zero-order chi connectivity index (χ0) is 12.6. The third-order valence-electron chi connectivity index (χ3n) is 3.52. The monoisotopic (exact) mass is 243 g/mol. The van der Waals surface area contributed by atoms with Gasteiger partial charge >= 0.3 is 0 Å². The Kier molecular flexibility index (Phi) is 2.56. The highest BCUT2D eigenvalue weighted by atomic mass is 15.3. The van der Waals surface area contributed by atoms with E-state index in [-0.39, 0.29) is 0 Å². The van der Waals surface area contributed by atoms with Crippen molar-refractivity contribution in [3.05, 3.63) is 24.3 Å². The van der Waals surface area contributed by atoms with Crippen molar-refractivity contribution in [2.75, 3.05) is 17.3 Å². The van der Waals surface area contributed by atoms with Gasteiger partial charge in [-0.25, -0.2) is 10.8 Å². The number of rotatable bonds is 4. The first-order valence-corrected chi connectivity index (χ1v) is 6.17. The number of benzene rings is 1. The van der Waals surface area contributed by atoms with E-state index in [1.54, 1.807) is 0 Å². The zero-order valence-electron chi connectivity index (χ0n) is 10.4. The zero-order valence-corrected chi connectivity index (χ0v) is 10.4. The van der Waals surface area contributed by atoms with Crippen molar-refractivity contribution in [3.8, 4) is 0 Å². The highest BCUT2D eigenvalue weighted by Crippen LogP contribution is 2.44. The molecule has 1 aromatic carbocycles. The van der Waals surface area contributed by atoms with Gasteiger partial charge in [-0.05, 0) is 30.4 Å². The molecule has 0 unspecified atom stereocenters. The van der Waals surface area contributed by atoms with E-state index < -0.39 is 0 Å². The van der Waals surface area contributed by atoms with Crippen molar-refractivity contribution in [3.63, 3.8) is 0 Å². The van der Waals surface area contributed by atoms with Crippen LogP contribution >= 0.6 is 0 Å². The van der Waals surface area contributed by atoms with Gasteiger partial charge < -0.3 is 5.32 Å². The molecule has 5 heteroatoms. The third-order valence-corrected chi connectivity index (χ3v) is 3.52. The smallest absolute Gasteiger partial charge is 0.239 e. The van der Waals surface area contributed by atoms with E-state index in [0.29, 0.717) is 11.4 Å². The van der Waals surface area contributed by atoms with Gasteiger partial charge in [0.2, 0.25) is 5.95 Å². The normalized spacial score (nSPS) is 16.6. The van der Waals surface area contributed by atoms with Crippen LogP contribution < -0.4 is 16.6 Å². The summed E-state index contributed by atoms with van der Waals surface area (Å²) in [6.45, 7) is 3.23.